The first-order valence-corrected chi connectivity index (χ1v) is 2.68. The van der Waals surface area contributed by atoms with Crippen LogP contribution < -0.4 is 0 Å². The van der Waals surface area contributed by atoms with Gasteiger partial charge in [0.2, 0.25) is 0 Å². The zero-order valence-corrected chi connectivity index (χ0v) is 6.96. The molecule has 0 bridgehead atoms. The first-order valence-electron chi connectivity index (χ1n) is 0.894. The fraction of sp³-hybridized carbons (Fsp3) is 0. The normalized spacial score (nSPS) is 6.67. The number of hydrogen-bond acceptors (Lipinski definition) is 4. The minimum Gasteiger partial charge on any atom is 0 e. The molecule has 0 rings (SSSR count). The fourth-order valence-electron chi connectivity index (χ4n) is 0. The number of hydrogen-bond donors (Lipinski definition) is 4. The monoisotopic (exact) mass is 212 g/mol. The molecule has 0 saturated heterocycles. The third-order valence-corrected chi connectivity index (χ3v) is 0. The summed E-state index contributed by atoms with van der Waals surface area (Å²) in [5.74, 6) is 0. The van der Waals surface area contributed by atoms with Gasteiger partial charge in [-0.05, 0) is 0 Å². The van der Waals surface area contributed by atoms with E-state index >= 15 is 0 Å². The van der Waals surface area contributed by atoms with Gasteiger partial charge in [-0.25, -0.2) is 0 Å². The summed E-state index contributed by atoms with van der Waals surface area (Å²) in [5, 5.41) is 0. The predicted octanol–water partition coefficient (Wildman–Crippen LogP) is -5.63. The molecule has 9 heavy (non-hydrogen) atoms. The molecule has 0 aliphatic rings. The van der Waals surface area contributed by atoms with E-state index in [2.05, 4.69) is 0 Å². The van der Waals surface area contributed by atoms with Crippen molar-refractivity contribution >= 4 is 53.7 Å². The van der Waals surface area contributed by atoms with Crippen LogP contribution in [-0.4, -0.2) is 72.9 Å². The predicted molar refractivity (Wildman–Crippen MR) is 41.7 cm³/mol. The van der Waals surface area contributed by atoms with Crippen LogP contribution in [0.25, 0.3) is 0 Å². The topological polar surface area (TPSA) is 80.9 Å². The molecule has 0 radical (unpaired) electrons. The molecule has 0 aromatic carbocycles. The summed E-state index contributed by atoms with van der Waals surface area (Å²) >= 11 is 0. The molecule has 0 aliphatic heterocycles. The number of rotatable bonds is 0. The van der Waals surface area contributed by atoms with Gasteiger partial charge in [-0.15, -0.1) is 0 Å². The smallest absolute Gasteiger partial charge is 0 e. The van der Waals surface area contributed by atoms with Crippen molar-refractivity contribution in [3.05, 3.63) is 0 Å². The van der Waals surface area contributed by atoms with Crippen LogP contribution in [-0.2, 0) is 19.5 Å². The molecule has 0 spiro atoms. The summed E-state index contributed by atoms with van der Waals surface area (Å²) < 4.78 is 0. The molecule has 0 heterocycles. The van der Waals surface area contributed by atoms with Crippen molar-refractivity contribution in [1.82, 2.24) is 0 Å². The Bertz CT molecular complexity index is 36.0. The van der Waals surface area contributed by atoms with E-state index < -0.39 is 9.05 Å². The van der Waals surface area contributed by atoms with Crippen molar-refractivity contribution in [2.75, 3.05) is 0 Å². The van der Waals surface area contributed by atoms with Crippen molar-refractivity contribution in [3.8, 4) is 0 Å². The Morgan fingerprint density at radius 1 is 0.889 bits per heavy atom. The molecule has 0 atom stereocenters. The summed E-state index contributed by atoms with van der Waals surface area (Å²) in [6.07, 6.45) is 0. The van der Waals surface area contributed by atoms with E-state index in [-0.39, 0.29) is 64.1 Å². The molecular formula is H11AlBLiO4SiZn. The Morgan fingerprint density at radius 2 is 0.889 bits per heavy atom. The van der Waals surface area contributed by atoms with Crippen LogP contribution in [0.15, 0.2) is 0 Å². The van der Waals surface area contributed by atoms with E-state index in [9.17, 15) is 0 Å². The molecule has 0 amide bonds. The molecule has 0 aromatic rings. The Labute approximate surface area is 91.8 Å². The molecule has 4 N–H and O–H groups in total. The van der Waals surface area contributed by atoms with E-state index in [1.54, 1.807) is 0 Å². The second-order valence-corrected chi connectivity index (χ2v) is 1.80. The molecule has 0 saturated carbocycles. The van der Waals surface area contributed by atoms with Crippen molar-refractivity contribution in [3.63, 3.8) is 0 Å². The molecule has 0 aromatic heterocycles. The average molecular weight is 213 g/mol. The maximum Gasteiger partial charge on any atom is 0 e. The van der Waals surface area contributed by atoms with Crippen molar-refractivity contribution in [2.24, 2.45) is 0 Å². The van der Waals surface area contributed by atoms with Crippen LogP contribution in [0.2, 0.25) is 0 Å². The molecule has 9 heteroatoms. The van der Waals surface area contributed by atoms with Gasteiger partial charge in [0.1, 0.15) is 0 Å². The summed E-state index contributed by atoms with van der Waals surface area (Å²) in [4.78, 5) is 29.3. The van der Waals surface area contributed by atoms with Crippen LogP contribution >= 0.6 is 0 Å². The zero-order valence-electron chi connectivity index (χ0n) is 3.00. The largest absolute Gasteiger partial charge is 0 e. The minimum atomic E-state index is -4.61. The van der Waals surface area contributed by atoms with Gasteiger partial charge < -0.3 is 19.2 Å². The van der Waals surface area contributed by atoms with E-state index in [1.165, 1.54) is 0 Å². The van der Waals surface area contributed by atoms with E-state index in [0.717, 1.165) is 0 Å². The Kier molecular flexibility index (Phi) is 42.8. The molecule has 4 nitrogen and oxygen atoms in total. The maximum atomic E-state index is 7.33. The van der Waals surface area contributed by atoms with E-state index in [0.29, 0.717) is 0 Å². The van der Waals surface area contributed by atoms with Crippen LogP contribution in [0.5, 0.6) is 0 Å². The Morgan fingerprint density at radius 3 is 0.889 bits per heavy atom. The van der Waals surface area contributed by atoms with Crippen LogP contribution in [0.3, 0.4) is 0 Å². The average Bonchev–Trinajstić information content (AvgIpc) is 0.722. The van der Waals surface area contributed by atoms with Gasteiger partial charge in [0, 0.05) is 19.5 Å². The van der Waals surface area contributed by atoms with Gasteiger partial charge >= 0.3 is 27.9 Å². The second kappa shape index (κ2) is 12.5. The van der Waals surface area contributed by atoms with Gasteiger partial charge in [-0.1, -0.05) is 0 Å². The zero-order chi connectivity index (χ0) is 4.50. The van der Waals surface area contributed by atoms with Gasteiger partial charge in [-0.2, -0.15) is 0 Å². The van der Waals surface area contributed by atoms with Gasteiger partial charge in [0.15, 0.2) is 17.4 Å². The molecule has 0 unspecified atom stereocenters. The first kappa shape index (κ1) is 30.7. The Hall–Kier alpha value is 1.88. The van der Waals surface area contributed by atoms with E-state index in [4.69, 9.17) is 19.2 Å². The third-order valence-electron chi connectivity index (χ3n) is 0. The van der Waals surface area contributed by atoms with Crippen LogP contribution in [0.4, 0.5) is 0 Å². The summed E-state index contributed by atoms with van der Waals surface area (Å²) in [6, 6.07) is 0. The SMILES string of the molecule is B.O[Si](O)(O)O.[AlH3].[LiH].[Zn]. The van der Waals surface area contributed by atoms with Gasteiger partial charge in [-0.3, -0.25) is 0 Å². The summed E-state index contributed by atoms with van der Waals surface area (Å²) in [7, 11) is -4.61. The third kappa shape index (κ3) is 174. The standard InChI is InChI=1S/Al.BH3.Li.H4O4Si.Zn.4H/c;;;1-5(2,3)4;;;;;/h;1H3;;1-4H;;;;;. The van der Waals surface area contributed by atoms with Crippen LogP contribution in [0.1, 0.15) is 0 Å². The van der Waals surface area contributed by atoms with E-state index in [1.807, 2.05) is 0 Å². The molecule has 0 aliphatic carbocycles. The second-order valence-electron chi connectivity index (χ2n) is 0.600. The van der Waals surface area contributed by atoms with Crippen molar-refractivity contribution in [1.29, 1.82) is 0 Å². The van der Waals surface area contributed by atoms with Crippen LogP contribution in [0, 0.1) is 0 Å². The fourth-order valence-corrected chi connectivity index (χ4v) is 0. The quantitative estimate of drug-likeness (QED) is 0.302. The first-order chi connectivity index (χ1) is 2.00. The summed E-state index contributed by atoms with van der Waals surface area (Å²) in [6.45, 7) is 0. The Balaban J connectivity index is -0.0000000133. The maximum absolute atomic E-state index is 7.33. The summed E-state index contributed by atoms with van der Waals surface area (Å²) in [5.41, 5.74) is 0. The van der Waals surface area contributed by atoms with Gasteiger partial charge in [0.25, 0.3) is 0 Å². The minimum absolute atomic E-state index is 0. The molecule has 48 valence electrons. The van der Waals surface area contributed by atoms with Crippen molar-refractivity contribution in [2.45, 2.75) is 0 Å². The van der Waals surface area contributed by atoms with Gasteiger partial charge in [0.05, 0.1) is 8.41 Å². The molecular weight excluding hydrogens is 202 g/mol. The van der Waals surface area contributed by atoms with Crippen molar-refractivity contribution < 1.29 is 38.7 Å². The molecule has 0 fully saturated rings.